The lowest BCUT2D eigenvalue weighted by atomic mass is 9.50. The molecule has 0 spiro atoms. The van der Waals surface area contributed by atoms with Crippen LogP contribution in [0.15, 0.2) is 23.3 Å². The molecule has 24 heavy (non-hydrogen) atoms. The second-order valence-electron chi connectivity index (χ2n) is 9.12. The maximum Gasteiger partial charge on any atom is 0.0724 e. The molecular weight excluding hydrogens is 296 g/mol. The number of hydrogen-bond donors (Lipinski definition) is 3. The molecule has 2 fully saturated rings. The van der Waals surface area contributed by atoms with Gasteiger partial charge in [-0.25, -0.2) is 0 Å². The Hall–Kier alpha value is -0.640. The highest BCUT2D eigenvalue weighted by molar-refractivity contribution is 5.40. The minimum absolute atomic E-state index is 0.230. The van der Waals surface area contributed by atoms with Crippen LogP contribution < -0.4 is 10.6 Å². The Balaban J connectivity index is 1.82. The fourth-order valence-corrected chi connectivity index (χ4v) is 6.79. The van der Waals surface area contributed by atoms with E-state index in [0.717, 1.165) is 6.42 Å². The van der Waals surface area contributed by atoms with E-state index < -0.39 is 0 Å². The highest BCUT2D eigenvalue weighted by atomic mass is 16.3. The van der Waals surface area contributed by atoms with Crippen molar-refractivity contribution < 1.29 is 5.11 Å². The number of aliphatic hydroxyl groups excluding tert-OH is 1. The summed E-state index contributed by atoms with van der Waals surface area (Å²) >= 11 is 0. The van der Waals surface area contributed by atoms with Crippen LogP contribution in [-0.2, 0) is 0 Å². The number of fused-ring (bicyclic) bond motifs is 4. The van der Waals surface area contributed by atoms with Gasteiger partial charge in [0, 0.05) is 17.5 Å². The average Bonchev–Trinajstić information content (AvgIpc) is 2.91. The normalized spacial score (nSPS) is 50.5. The molecule has 0 aromatic rings. The molecule has 4 aliphatic rings. The van der Waals surface area contributed by atoms with Gasteiger partial charge in [0.2, 0.25) is 0 Å². The van der Waals surface area contributed by atoms with Crippen LogP contribution in [0.5, 0.6) is 0 Å². The molecule has 3 nitrogen and oxygen atoms in total. The number of rotatable bonds is 2. The number of likely N-dealkylation sites (N-methyl/N-ethyl adjacent to an activating group) is 1. The van der Waals surface area contributed by atoms with Crippen molar-refractivity contribution in [2.24, 2.45) is 22.7 Å². The topological polar surface area (TPSA) is 44.3 Å². The molecular formula is C21H34N2O. The number of nitrogens with one attached hydrogen (secondary N) is 2. The van der Waals surface area contributed by atoms with Crippen LogP contribution in [0.3, 0.4) is 0 Å². The molecule has 0 saturated heterocycles. The van der Waals surface area contributed by atoms with E-state index in [9.17, 15) is 5.11 Å². The van der Waals surface area contributed by atoms with E-state index >= 15 is 0 Å². The zero-order valence-corrected chi connectivity index (χ0v) is 15.7. The van der Waals surface area contributed by atoms with Gasteiger partial charge >= 0.3 is 0 Å². The van der Waals surface area contributed by atoms with Crippen LogP contribution in [-0.4, -0.2) is 37.4 Å². The van der Waals surface area contributed by atoms with Crippen molar-refractivity contribution >= 4 is 0 Å². The third-order valence-electron chi connectivity index (χ3n) is 8.24. The summed E-state index contributed by atoms with van der Waals surface area (Å²) in [6.45, 7) is 4.96. The molecule has 0 bridgehead atoms. The van der Waals surface area contributed by atoms with Crippen molar-refractivity contribution in [2.45, 2.75) is 70.6 Å². The first-order valence-electron chi connectivity index (χ1n) is 9.89. The second-order valence-corrected chi connectivity index (χ2v) is 9.12. The van der Waals surface area contributed by atoms with Crippen molar-refractivity contribution in [2.75, 3.05) is 14.1 Å². The Labute approximate surface area is 147 Å². The Morgan fingerprint density at radius 1 is 1.12 bits per heavy atom. The smallest absolute Gasteiger partial charge is 0.0724 e. The van der Waals surface area contributed by atoms with E-state index in [-0.39, 0.29) is 11.5 Å². The monoisotopic (exact) mass is 330 g/mol. The van der Waals surface area contributed by atoms with Crippen molar-refractivity contribution in [1.29, 1.82) is 0 Å². The molecule has 7 atom stereocenters. The molecule has 134 valence electrons. The predicted molar refractivity (Wildman–Crippen MR) is 98.8 cm³/mol. The Kier molecular flexibility index (Phi) is 3.98. The molecule has 0 aliphatic heterocycles. The lowest BCUT2D eigenvalue weighted by molar-refractivity contribution is 0.0384. The summed E-state index contributed by atoms with van der Waals surface area (Å²) in [6, 6.07) is 1.13. The van der Waals surface area contributed by atoms with Gasteiger partial charge in [0.25, 0.3) is 0 Å². The fourth-order valence-electron chi connectivity index (χ4n) is 6.79. The Morgan fingerprint density at radius 2 is 1.92 bits per heavy atom. The van der Waals surface area contributed by atoms with Gasteiger partial charge in [0.15, 0.2) is 0 Å². The summed E-state index contributed by atoms with van der Waals surface area (Å²) in [5, 5.41) is 17.4. The van der Waals surface area contributed by atoms with E-state index in [1.54, 1.807) is 11.1 Å². The summed E-state index contributed by atoms with van der Waals surface area (Å²) in [4.78, 5) is 0. The molecule has 0 aromatic carbocycles. The van der Waals surface area contributed by atoms with Crippen LogP contribution in [0, 0.1) is 22.7 Å². The first-order chi connectivity index (χ1) is 11.4. The molecule has 0 aromatic heterocycles. The van der Waals surface area contributed by atoms with Gasteiger partial charge in [-0.15, -0.1) is 0 Å². The first-order valence-corrected chi connectivity index (χ1v) is 9.89. The first kappa shape index (κ1) is 16.8. The highest BCUT2D eigenvalue weighted by Gasteiger charge is 2.56. The number of aliphatic hydroxyl groups is 1. The lowest BCUT2D eigenvalue weighted by Crippen LogP contribution is -2.54. The van der Waals surface area contributed by atoms with Gasteiger partial charge in [-0.2, -0.15) is 0 Å². The zero-order chi connectivity index (χ0) is 17.1. The molecule has 0 heterocycles. The molecule has 3 heteroatoms. The summed E-state index contributed by atoms with van der Waals surface area (Å²) in [5.74, 6) is 1.24. The van der Waals surface area contributed by atoms with Gasteiger partial charge in [-0.1, -0.05) is 31.6 Å². The average molecular weight is 331 g/mol. The van der Waals surface area contributed by atoms with Gasteiger partial charge in [-0.05, 0) is 75.4 Å². The molecule has 2 saturated carbocycles. The number of hydrogen-bond acceptors (Lipinski definition) is 3. The predicted octanol–water partition coefficient (Wildman–Crippen LogP) is 3.02. The Bertz CT molecular complexity index is 582. The molecule has 4 rings (SSSR count). The van der Waals surface area contributed by atoms with Gasteiger partial charge in [-0.3, -0.25) is 0 Å². The molecule has 0 amide bonds. The molecule has 2 unspecified atom stereocenters. The summed E-state index contributed by atoms with van der Waals surface area (Å²) < 4.78 is 0. The van der Waals surface area contributed by atoms with Crippen LogP contribution in [0.2, 0.25) is 0 Å². The zero-order valence-electron chi connectivity index (χ0n) is 15.7. The van der Waals surface area contributed by atoms with Gasteiger partial charge in [0.05, 0.1) is 6.10 Å². The van der Waals surface area contributed by atoms with Crippen LogP contribution in [0.25, 0.3) is 0 Å². The maximum atomic E-state index is 10.1. The number of allylic oxidation sites excluding steroid dienone is 1. The van der Waals surface area contributed by atoms with Crippen molar-refractivity contribution in [3.63, 3.8) is 0 Å². The lowest BCUT2D eigenvalue weighted by Gasteiger charge is -2.56. The van der Waals surface area contributed by atoms with Gasteiger partial charge in [0.1, 0.15) is 0 Å². The summed E-state index contributed by atoms with van der Waals surface area (Å²) in [7, 11) is 4.26. The molecule has 3 N–H and O–H groups in total. The van der Waals surface area contributed by atoms with Crippen LogP contribution in [0.4, 0.5) is 0 Å². The standard InChI is InChI=1S/C21H34N2O/c1-20-9-7-14(24)11-13(20)12-17(22-3)19-15-5-6-18(23-4)21(15,2)10-8-16(19)20/h7,9,13-14,16-18,22-24H,5-6,8,10-12H2,1-4H3/t13?,14?,16-,17-,18-,20-,21-/m0/s1. The third kappa shape index (κ3) is 2.14. The minimum atomic E-state index is -0.246. The highest BCUT2D eigenvalue weighted by Crippen LogP contribution is 2.62. The quantitative estimate of drug-likeness (QED) is 0.682. The fraction of sp³-hybridized carbons (Fsp3) is 0.810. The van der Waals surface area contributed by atoms with Crippen LogP contribution >= 0.6 is 0 Å². The largest absolute Gasteiger partial charge is 0.389 e. The van der Waals surface area contributed by atoms with E-state index in [2.05, 4.69) is 50.7 Å². The summed E-state index contributed by atoms with van der Waals surface area (Å²) in [5.41, 5.74) is 4.07. The Morgan fingerprint density at radius 3 is 2.62 bits per heavy atom. The van der Waals surface area contributed by atoms with Gasteiger partial charge < -0.3 is 15.7 Å². The van der Waals surface area contributed by atoms with Crippen LogP contribution in [0.1, 0.15) is 52.4 Å². The van der Waals surface area contributed by atoms with E-state index in [1.807, 2.05) is 0 Å². The third-order valence-corrected chi connectivity index (χ3v) is 8.24. The minimum Gasteiger partial charge on any atom is -0.389 e. The molecule has 4 aliphatic carbocycles. The second kappa shape index (κ2) is 5.69. The van der Waals surface area contributed by atoms with E-state index in [4.69, 9.17) is 0 Å². The van der Waals surface area contributed by atoms with Crippen molar-refractivity contribution in [3.8, 4) is 0 Å². The SMILES string of the molecule is CN[C@H]1CC2CC(O)C=C[C@]2(C)[C@H]2CC[C@@]3(C)C(=C12)CC[C@@H]3NC. The van der Waals surface area contributed by atoms with E-state index in [1.165, 1.54) is 32.1 Å². The molecule has 0 radical (unpaired) electrons. The summed E-state index contributed by atoms with van der Waals surface area (Å²) in [6.07, 6.45) is 11.4. The van der Waals surface area contributed by atoms with Crippen molar-refractivity contribution in [3.05, 3.63) is 23.3 Å². The van der Waals surface area contributed by atoms with Crippen molar-refractivity contribution in [1.82, 2.24) is 10.6 Å². The maximum absolute atomic E-state index is 10.1. The van der Waals surface area contributed by atoms with E-state index in [0.29, 0.717) is 29.3 Å².